The summed E-state index contributed by atoms with van der Waals surface area (Å²) < 4.78 is 11.6. The van der Waals surface area contributed by atoms with Gasteiger partial charge in [0.2, 0.25) is 0 Å². The molecule has 0 unspecified atom stereocenters. The van der Waals surface area contributed by atoms with E-state index in [2.05, 4.69) is 27.4 Å². The van der Waals surface area contributed by atoms with Gasteiger partial charge in [0.25, 0.3) is 0 Å². The lowest BCUT2D eigenvalue weighted by atomic mass is 10.0. The Balaban J connectivity index is 3.66. The maximum Gasteiger partial charge on any atom is 0.0609 e. The predicted octanol–water partition coefficient (Wildman–Crippen LogP) is 4.98. The number of hydrogen-bond acceptors (Lipinski definition) is 2. The zero-order valence-electron chi connectivity index (χ0n) is 13.3. The fourth-order valence-corrected chi connectivity index (χ4v) is 1.93. The molecule has 19 heavy (non-hydrogen) atoms. The zero-order valence-corrected chi connectivity index (χ0v) is 13.3. The lowest BCUT2D eigenvalue weighted by Gasteiger charge is -2.19. The predicted molar refractivity (Wildman–Crippen MR) is 83.6 cm³/mol. The van der Waals surface area contributed by atoms with E-state index in [9.17, 15) is 0 Å². The standard InChI is InChI=1S/C17H34O2/c1-5-8-13-18-15-16(4)11-12-17(10-7-3)19-14-9-6-2/h7,16-17H,3,5-6,8-15H2,1-2,4H3/t16-,17-/m0/s1. The fraction of sp³-hybridized carbons (Fsp3) is 0.882. The van der Waals surface area contributed by atoms with Gasteiger partial charge in [0, 0.05) is 19.8 Å². The quantitative estimate of drug-likeness (QED) is 0.327. The molecule has 0 saturated heterocycles. The molecule has 0 aliphatic carbocycles. The SMILES string of the molecule is C=CC[C@@H](CC[C@H](C)COCCCC)OCCCC. The van der Waals surface area contributed by atoms with Gasteiger partial charge in [-0.3, -0.25) is 0 Å². The molecule has 0 rings (SSSR count). The summed E-state index contributed by atoms with van der Waals surface area (Å²) in [4.78, 5) is 0. The summed E-state index contributed by atoms with van der Waals surface area (Å²) in [7, 11) is 0. The van der Waals surface area contributed by atoms with Crippen LogP contribution in [0.1, 0.15) is 65.7 Å². The average Bonchev–Trinajstić information content (AvgIpc) is 2.41. The van der Waals surface area contributed by atoms with E-state index >= 15 is 0 Å². The molecule has 0 saturated carbocycles. The Labute approximate surface area is 120 Å². The third-order valence-corrected chi connectivity index (χ3v) is 3.31. The van der Waals surface area contributed by atoms with E-state index in [-0.39, 0.29) is 0 Å². The normalized spacial score (nSPS) is 14.3. The Kier molecular flexibility index (Phi) is 13.8. The van der Waals surface area contributed by atoms with Gasteiger partial charge in [-0.25, -0.2) is 0 Å². The van der Waals surface area contributed by atoms with Crippen molar-refractivity contribution < 1.29 is 9.47 Å². The molecule has 2 atom stereocenters. The van der Waals surface area contributed by atoms with Crippen molar-refractivity contribution in [3.8, 4) is 0 Å². The molecule has 0 bridgehead atoms. The first kappa shape index (κ1) is 18.7. The lowest BCUT2D eigenvalue weighted by molar-refractivity contribution is 0.0374. The Bertz CT molecular complexity index is 192. The number of rotatable bonds is 14. The molecule has 0 aromatic rings. The summed E-state index contributed by atoms with van der Waals surface area (Å²) in [6, 6.07) is 0. The highest BCUT2D eigenvalue weighted by Gasteiger charge is 2.10. The van der Waals surface area contributed by atoms with Crippen molar-refractivity contribution in [2.24, 2.45) is 5.92 Å². The smallest absolute Gasteiger partial charge is 0.0609 e. The van der Waals surface area contributed by atoms with Crippen molar-refractivity contribution in [1.29, 1.82) is 0 Å². The Morgan fingerprint density at radius 3 is 2.37 bits per heavy atom. The molecule has 0 heterocycles. The minimum Gasteiger partial charge on any atom is -0.381 e. The van der Waals surface area contributed by atoms with Crippen molar-refractivity contribution in [3.05, 3.63) is 12.7 Å². The highest BCUT2D eigenvalue weighted by molar-refractivity contribution is 4.74. The molecular weight excluding hydrogens is 236 g/mol. The van der Waals surface area contributed by atoms with E-state index in [1.54, 1.807) is 0 Å². The molecule has 2 heteroatoms. The van der Waals surface area contributed by atoms with Gasteiger partial charge in [-0.2, -0.15) is 0 Å². The van der Waals surface area contributed by atoms with E-state index in [0.717, 1.165) is 39.1 Å². The molecule has 0 N–H and O–H groups in total. The second kappa shape index (κ2) is 14.1. The third-order valence-electron chi connectivity index (χ3n) is 3.31. The third kappa shape index (κ3) is 12.4. The molecule has 0 aliphatic rings. The van der Waals surface area contributed by atoms with Crippen LogP contribution in [0.25, 0.3) is 0 Å². The molecule has 2 nitrogen and oxygen atoms in total. The Morgan fingerprint density at radius 1 is 1.05 bits per heavy atom. The lowest BCUT2D eigenvalue weighted by Crippen LogP contribution is -2.16. The van der Waals surface area contributed by atoms with E-state index < -0.39 is 0 Å². The van der Waals surface area contributed by atoms with Crippen molar-refractivity contribution in [2.75, 3.05) is 19.8 Å². The van der Waals surface area contributed by atoms with Crippen LogP contribution in [0.3, 0.4) is 0 Å². The van der Waals surface area contributed by atoms with Crippen LogP contribution in [0.4, 0.5) is 0 Å². The molecule has 0 aromatic heterocycles. The molecule has 0 spiro atoms. The summed E-state index contributed by atoms with van der Waals surface area (Å²) in [6.45, 7) is 13.2. The maximum absolute atomic E-state index is 5.90. The van der Waals surface area contributed by atoms with Crippen molar-refractivity contribution >= 4 is 0 Å². The van der Waals surface area contributed by atoms with Crippen molar-refractivity contribution in [1.82, 2.24) is 0 Å². The maximum atomic E-state index is 5.90. The van der Waals surface area contributed by atoms with Crippen LogP contribution < -0.4 is 0 Å². The summed E-state index contributed by atoms with van der Waals surface area (Å²) >= 11 is 0. The average molecular weight is 270 g/mol. The van der Waals surface area contributed by atoms with Crippen LogP contribution in [0.5, 0.6) is 0 Å². The Morgan fingerprint density at radius 2 is 1.74 bits per heavy atom. The van der Waals surface area contributed by atoms with Gasteiger partial charge in [-0.1, -0.05) is 39.7 Å². The molecule has 0 aliphatic heterocycles. The monoisotopic (exact) mass is 270 g/mol. The zero-order chi connectivity index (χ0) is 14.3. The van der Waals surface area contributed by atoms with Gasteiger partial charge < -0.3 is 9.47 Å². The first-order chi connectivity index (χ1) is 9.24. The first-order valence-corrected chi connectivity index (χ1v) is 8.04. The molecule has 114 valence electrons. The van der Waals surface area contributed by atoms with Gasteiger partial charge in [-0.05, 0) is 38.0 Å². The summed E-state index contributed by atoms with van der Waals surface area (Å²) in [5.74, 6) is 0.624. The van der Waals surface area contributed by atoms with Crippen LogP contribution in [0.15, 0.2) is 12.7 Å². The fourth-order valence-electron chi connectivity index (χ4n) is 1.93. The molecule has 0 aromatic carbocycles. The summed E-state index contributed by atoms with van der Waals surface area (Å²) in [6.07, 6.45) is 10.3. The van der Waals surface area contributed by atoms with Gasteiger partial charge in [0.1, 0.15) is 0 Å². The van der Waals surface area contributed by atoms with Gasteiger partial charge >= 0.3 is 0 Å². The van der Waals surface area contributed by atoms with Crippen LogP contribution in [-0.2, 0) is 9.47 Å². The van der Waals surface area contributed by atoms with Crippen LogP contribution in [-0.4, -0.2) is 25.9 Å². The van der Waals surface area contributed by atoms with E-state index in [1.807, 2.05) is 6.08 Å². The van der Waals surface area contributed by atoms with E-state index in [4.69, 9.17) is 9.47 Å². The van der Waals surface area contributed by atoms with Gasteiger partial charge in [0.15, 0.2) is 0 Å². The van der Waals surface area contributed by atoms with E-state index in [1.165, 1.54) is 25.7 Å². The minimum atomic E-state index is 0.349. The van der Waals surface area contributed by atoms with Crippen molar-refractivity contribution in [2.45, 2.75) is 71.8 Å². The molecular formula is C17H34O2. The van der Waals surface area contributed by atoms with Gasteiger partial charge in [0.05, 0.1) is 6.10 Å². The van der Waals surface area contributed by atoms with Crippen LogP contribution >= 0.6 is 0 Å². The highest BCUT2D eigenvalue weighted by atomic mass is 16.5. The topological polar surface area (TPSA) is 18.5 Å². The van der Waals surface area contributed by atoms with Crippen LogP contribution in [0.2, 0.25) is 0 Å². The summed E-state index contributed by atoms with van der Waals surface area (Å²) in [5, 5.41) is 0. The first-order valence-electron chi connectivity index (χ1n) is 8.04. The number of hydrogen-bond donors (Lipinski definition) is 0. The van der Waals surface area contributed by atoms with Crippen LogP contribution in [0, 0.1) is 5.92 Å². The molecule has 0 amide bonds. The largest absolute Gasteiger partial charge is 0.381 e. The number of ether oxygens (including phenoxy) is 2. The second-order valence-corrected chi connectivity index (χ2v) is 5.48. The second-order valence-electron chi connectivity index (χ2n) is 5.48. The minimum absolute atomic E-state index is 0.349. The summed E-state index contributed by atoms with van der Waals surface area (Å²) in [5.41, 5.74) is 0. The van der Waals surface area contributed by atoms with Crippen molar-refractivity contribution in [3.63, 3.8) is 0 Å². The van der Waals surface area contributed by atoms with Gasteiger partial charge in [-0.15, -0.1) is 6.58 Å². The Hall–Kier alpha value is -0.340. The number of unbranched alkanes of at least 4 members (excludes halogenated alkanes) is 2. The molecule has 0 fully saturated rings. The van der Waals surface area contributed by atoms with E-state index in [0.29, 0.717) is 12.0 Å². The highest BCUT2D eigenvalue weighted by Crippen LogP contribution is 2.14. The molecule has 0 radical (unpaired) electrons.